The number of hydrogen-bond donors (Lipinski definition) is 1. The minimum Gasteiger partial charge on any atom is -0.376 e. The number of halogens is 1. The first kappa shape index (κ1) is 18.2. The predicted octanol–water partition coefficient (Wildman–Crippen LogP) is 2.74. The molecular formula is C18H27ClN2O2. The van der Waals surface area contributed by atoms with Crippen LogP contribution in [0, 0.1) is 5.92 Å². The first-order valence-corrected chi connectivity index (χ1v) is 8.42. The number of carbonyl (C=O) groups excluding carboxylic acids is 1. The number of ether oxygens (including phenoxy) is 1. The van der Waals surface area contributed by atoms with E-state index in [0.717, 1.165) is 38.7 Å². The molecular weight excluding hydrogens is 312 g/mol. The first-order valence-electron chi connectivity index (χ1n) is 8.42. The second kappa shape index (κ2) is 8.67. The molecule has 2 N–H and O–H groups in total. The molecule has 1 aliphatic carbocycles. The summed E-state index contributed by atoms with van der Waals surface area (Å²) >= 11 is 0. The second-order valence-electron chi connectivity index (χ2n) is 6.61. The van der Waals surface area contributed by atoms with Gasteiger partial charge in [0.2, 0.25) is 5.91 Å². The van der Waals surface area contributed by atoms with E-state index in [1.807, 2.05) is 23.1 Å². The lowest BCUT2D eigenvalue weighted by molar-refractivity contribution is -0.137. The van der Waals surface area contributed by atoms with Gasteiger partial charge < -0.3 is 15.4 Å². The summed E-state index contributed by atoms with van der Waals surface area (Å²) in [5.74, 6) is 0.354. The van der Waals surface area contributed by atoms with E-state index in [4.69, 9.17) is 10.5 Å². The van der Waals surface area contributed by atoms with E-state index in [9.17, 15) is 4.79 Å². The Kier molecular flexibility index (Phi) is 6.88. The molecule has 0 radical (unpaired) electrons. The van der Waals surface area contributed by atoms with Gasteiger partial charge in [0.05, 0.1) is 6.10 Å². The Morgan fingerprint density at radius 2 is 2.00 bits per heavy atom. The molecule has 23 heavy (non-hydrogen) atoms. The Labute approximate surface area is 144 Å². The summed E-state index contributed by atoms with van der Waals surface area (Å²) in [7, 11) is 0. The zero-order chi connectivity index (χ0) is 15.4. The fourth-order valence-corrected chi connectivity index (χ4v) is 3.57. The van der Waals surface area contributed by atoms with Crippen LogP contribution in [-0.4, -0.2) is 36.1 Å². The van der Waals surface area contributed by atoms with E-state index in [0.29, 0.717) is 13.1 Å². The Hall–Kier alpha value is -1.10. The van der Waals surface area contributed by atoms with Crippen LogP contribution in [0.3, 0.4) is 0 Å². The van der Waals surface area contributed by atoms with E-state index >= 15 is 0 Å². The number of carbonyl (C=O) groups is 1. The predicted molar refractivity (Wildman–Crippen MR) is 93.4 cm³/mol. The van der Waals surface area contributed by atoms with E-state index in [1.54, 1.807) is 0 Å². The number of benzene rings is 1. The van der Waals surface area contributed by atoms with Crippen molar-refractivity contribution in [1.82, 2.24) is 4.90 Å². The lowest BCUT2D eigenvalue weighted by Gasteiger charge is -2.28. The van der Waals surface area contributed by atoms with Gasteiger partial charge in [0.25, 0.3) is 0 Å². The molecule has 1 saturated heterocycles. The molecule has 5 heteroatoms. The van der Waals surface area contributed by atoms with Gasteiger partial charge in [-0.05, 0) is 37.7 Å². The van der Waals surface area contributed by atoms with Crippen LogP contribution in [-0.2, 0) is 16.1 Å². The van der Waals surface area contributed by atoms with Crippen LogP contribution < -0.4 is 5.73 Å². The summed E-state index contributed by atoms with van der Waals surface area (Å²) in [6, 6.07) is 10.4. The Bertz CT molecular complexity index is 491. The van der Waals surface area contributed by atoms with Crippen LogP contribution in [0.4, 0.5) is 0 Å². The Balaban J connectivity index is 0.00000192. The minimum absolute atomic E-state index is 0. The number of amides is 1. The number of rotatable bonds is 5. The molecule has 2 aliphatic rings. The van der Waals surface area contributed by atoms with Gasteiger partial charge in [-0.3, -0.25) is 4.79 Å². The lowest BCUT2D eigenvalue weighted by Crippen LogP contribution is -2.40. The topological polar surface area (TPSA) is 55.6 Å². The monoisotopic (exact) mass is 338 g/mol. The summed E-state index contributed by atoms with van der Waals surface area (Å²) in [5, 5.41) is 0. The quantitative estimate of drug-likeness (QED) is 0.898. The third-order valence-electron chi connectivity index (χ3n) is 4.80. The highest BCUT2D eigenvalue weighted by atomic mass is 35.5. The SMILES string of the molecule is Cl.NC1CCC(C(=O)N(Cc2ccccc2)CC2CCCO2)C1. The molecule has 3 rings (SSSR count). The standard InChI is InChI=1S/C18H26N2O2.ClH/c19-16-9-8-15(11-16)18(21)20(13-17-7-4-10-22-17)12-14-5-2-1-3-6-14;/h1-3,5-6,15-17H,4,7-13,19H2;1H. The zero-order valence-corrected chi connectivity index (χ0v) is 14.3. The summed E-state index contributed by atoms with van der Waals surface area (Å²) in [6.45, 7) is 2.21. The van der Waals surface area contributed by atoms with Gasteiger partial charge >= 0.3 is 0 Å². The van der Waals surface area contributed by atoms with Gasteiger partial charge in [-0.15, -0.1) is 12.4 Å². The van der Waals surface area contributed by atoms with Crippen LogP contribution in [0.25, 0.3) is 0 Å². The molecule has 1 amide bonds. The molecule has 2 fully saturated rings. The summed E-state index contributed by atoms with van der Waals surface area (Å²) in [6.07, 6.45) is 5.08. The third kappa shape index (κ3) is 4.93. The smallest absolute Gasteiger partial charge is 0.226 e. The van der Waals surface area contributed by atoms with Crippen molar-refractivity contribution in [3.8, 4) is 0 Å². The maximum Gasteiger partial charge on any atom is 0.226 e. The van der Waals surface area contributed by atoms with Crippen molar-refractivity contribution in [2.24, 2.45) is 11.7 Å². The fraction of sp³-hybridized carbons (Fsp3) is 0.611. The fourth-order valence-electron chi connectivity index (χ4n) is 3.57. The normalized spacial score (nSPS) is 26.7. The van der Waals surface area contributed by atoms with Crippen molar-refractivity contribution in [3.63, 3.8) is 0 Å². The number of nitrogens with two attached hydrogens (primary N) is 1. The number of nitrogens with zero attached hydrogens (tertiary/aromatic N) is 1. The summed E-state index contributed by atoms with van der Waals surface area (Å²) in [4.78, 5) is 14.9. The summed E-state index contributed by atoms with van der Waals surface area (Å²) in [5.41, 5.74) is 7.16. The van der Waals surface area contributed by atoms with Crippen LogP contribution >= 0.6 is 12.4 Å². The summed E-state index contributed by atoms with van der Waals surface area (Å²) < 4.78 is 5.74. The highest BCUT2D eigenvalue weighted by molar-refractivity contribution is 5.85. The molecule has 0 spiro atoms. The van der Waals surface area contributed by atoms with E-state index in [1.165, 1.54) is 5.56 Å². The van der Waals surface area contributed by atoms with Crippen molar-refractivity contribution in [3.05, 3.63) is 35.9 Å². The number of hydrogen-bond acceptors (Lipinski definition) is 3. The van der Waals surface area contributed by atoms with Gasteiger partial charge in [0, 0.05) is 31.7 Å². The molecule has 1 saturated carbocycles. The maximum absolute atomic E-state index is 12.9. The average Bonchev–Trinajstić information content (AvgIpc) is 3.18. The van der Waals surface area contributed by atoms with Gasteiger partial charge in [0.15, 0.2) is 0 Å². The molecule has 128 valence electrons. The van der Waals surface area contributed by atoms with Gasteiger partial charge in [-0.25, -0.2) is 0 Å². The molecule has 1 aromatic rings. The molecule has 1 aliphatic heterocycles. The molecule has 3 atom stereocenters. The minimum atomic E-state index is 0. The Morgan fingerprint density at radius 1 is 1.22 bits per heavy atom. The van der Waals surface area contributed by atoms with Gasteiger partial charge in [-0.1, -0.05) is 30.3 Å². The highest BCUT2D eigenvalue weighted by Crippen LogP contribution is 2.27. The largest absolute Gasteiger partial charge is 0.376 e. The van der Waals surface area contributed by atoms with Crippen LogP contribution in [0.2, 0.25) is 0 Å². The second-order valence-corrected chi connectivity index (χ2v) is 6.61. The van der Waals surface area contributed by atoms with Crippen molar-refractivity contribution < 1.29 is 9.53 Å². The maximum atomic E-state index is 12.9. The van der Waals surface area contributed by atoms with Crippen molar-refractivity contribution >= 4 is 18.3 Å². The molecule has 1 aromatic carbocycles. The van der Waals surface area contributed by atoms with Gasteiger partial charge in [0.1, 0.15) is 0 Å². The molecule has 3 unspecified atom stereocenters. The van der Waals surface area contributed by atoms with E-state index in [-0.39, 0.29) is 36.4 Å². The first-order chi connectivity index (χ1) is 10.7. The molecule has 1 heterocycles. The third-order valence-corrected chi connectivity index (χ3v) is 4.80. The van der Waals surface area contributed by atoms with Crippen molar-refractivity contribution in [1.29, 1.82) is 0 Å². The molecule has 0 bridgehead atoms. The molecule has 0 aromatic heterocycles. The lowest BCUT2D eigenvalue weighted by atomic mass is 10.0. The van der Waals surface area contributed by atoms with Crippen molar-refractivity contribution in [2.45, 2.75) is 50.8 Å². The zero-order valence-electron chi connectivity index (χ0n) is 13.5. The van der Waals surface area contributed by atoms with E-state index in [2.05, 4.69) is 12.1 Å². The van der Waals surface area contributed by atoms with Crippen LogP contribution in [0.5, 0.6) is 0 Å². The average molecular weight is 339 g/mol. The van der Waals surface area contributed by atoms with Crippen molar-refractivity contribution in [2.75, 3.05) is 13.2 Å². The van der Waals surface area contributed by atoms with E-state index < -0.39 is 0 Å². The highest BCUT2D eigenvalue weighted by Gasteiger charge is 2.32. The Morgan fingerprint density at radius 3 is 2.61 bits per heavy atom. The van der Waals surface area contributed by atoms with Crippen LogP contribution in [0.15, 0.2) is 30.3 Å². The van der Waals surface area contributed by atoms with Crippen LogP contribution in [0.1, 0.15) is 37.7 Å². The molecule has 4 nitrogen and oxygen atoms in total. The van der Waals surface area contributed by atoms with Gasteiger partial charge in [-0.2, -0.15) is 0 Å².